The third-order valence-electron chi connectivity index (χ3n) is 2.24. The summed E-state index contributed by atoms with van der Waals surface area (Å²) in [6.45, 7) is 2.44. The minimum atomic E-state index is -0.254. The van der Waals surface area contributed by atoms with E-state index in [4.69, 9.17) is 16.3 Å². The zero-order chi connectivity index (χ0) is 14.5. The Bertz CT molecular complexity index is 665. The summed E-state index contributed by atoms with van der Waals surface area (Å²) in [7, 11) is 0. The van der Waals surface area contributed by atoms with Gasteiger partial charge in [0.1, 0.15) is 10.7 Å². The number of rotatable bonds is 5. The van der Waals surface area contributed by atoms with Crippen LogP contribution < -0.4 is 14.9 Å². The highest BCUT2D eigenvalue weighted by molar-refractivity contribution is 9.10. The second-order valence-electron chi connectivity index (χ2n) is 3.64. The molecule has 2 heterocycles. The molecule has 2 aromatic rings. The minimum Gasteiger partial charge on any atom is -0.477 e. The molecule has 0 fully saturated rings. The molecule has 0 aliphatic carbocycles. The lowest BCUT2D eigenvalue weighted by Crippen LogP contribution is -2.07. The maximum Gasteiger partial charge on any atom is 0.228 e. The van der Waals surface area contributed by atoms with E-state index in [1.807, 2.05) is 13.0 Å². The molecule has 8 heteroatoms. The van der Waals surface area contributed by atoms with Gasteiger partial charge in [-0.05, 0) is 40.9 Å². The van der Waals surface area contributed by atoms with Crippen LogP contribution in [0.4, 0.5) is 5.69 Å². The number of hydrogen-bond donors (Lipinski definition) is 2. The van der Waals surface area contributed by atoms with Gasteiger partial charge in [-0.15, -0.1) is 0 Å². The van der Waals surface area contributed by atoms with Gasteiger partial charge in [-0.2, -0.15) is 0 Å². The highest BCUT2D eigenvalue weighted by Crippen LogP contribution is 2.28. The molecule has 106 valence electrons. The molecular weight excluding hydrogens is 366 g/mol. The second-order valence-corrected chi connectivity index (χ2v) is 5.78. The summed E-state index contributed by atoms with van der Waals surface area (Å²) in [5.41, 5.74) is 0.128. The van der Waals surface area contributed by atoms with Crippen LogP contribution in [-0.4, -0.2) is 16.6 Å². The quantitative estimate of drug-likeness (QED) is 0.779. The first kappa shape index (κ1) is 15.2. The van der Waals surface area contributed by atoms with Crippen molar-refractivity contribution in [3.63, 3.8) is 0 Å². The third-order valence-corrected chi connectivity index (χ3v) is 3.87. The van der Waals surface area contributed by atoms with Crippen molar-refractivity contribution in [3.05, 3.63) is 44.4 Å². The number of pyridine rings is 2. The fraction of sp³-hybridized carbons (Fsp3) is 0.167. The molecule has 0 saturated heterocycles. The lowest BCUT2D eigenvalue weighted by molar-refractivity contribution is 0.324. The van der Waals surface area contributed by atoms with Crippen LogP contribution in [0.15, 0.2) is 38.8 Å². The van der Waals surface area contributed by atoms with Crippen molar-refractivity contribution in [1.29, 1.82) is 0 Å². The molecule has 0 unspecified atom stereocenters. The molecule has 0 aromatic carbocycles. The fourth-order valence-corrected chi connectivity index (χ4v) is 2.80. The number of aromatic nitrogens is 2. The van der Waals surface area contributed by atoms with E-state index in [9.17, 15) is 4.79 Å². The van der Waals surface area contributed by atoms with Gasteiger partial charge in [-0.25, -0.2) is 4.98 Å². The average Bonchev–Trinajstić information content (AvgIpc) is 2.43. The second kappa shape index (κ2) is 7.01. The van der Waals surface area contributed by atoms with E-state index in [1.54, 1.807) is 12.4 Å². The van der Waals surface area contributed by atoms with E-state index in [0.29, 0.717) is 18.2 Å². The van der Waals surface area contributed by atoms with Gasteiger partial charge in [0.05, 0.1) is 11.1 Å². The van der Waals surface area contributed by atoms with Crippen molar-refractivity contribution >= 4 is 45.2 Å². The molecule has 0 aliphatic rings. The summed E-state index contributed by atoms with van der Waals surface area (Å²) in [5.74, 6) is 0.539. The van der Waals surface area contributed by atoms with Crippen LogP contribution in [0.3, 0.4) is 0 Å². The van der Waals surface area contributed by atoms with Crippen molar-refractivity contribution in [1.82, 2.24) is 9.97 Å². The smallest absolute Gasteiger partial charge is 0.228 e. The Morgan fingerprint density at radius 3 is 3.05 bits per heavy atom. The van der Waals surface area contributed by atoms with Crippen LogP contribution >= 0.6 is 39.5 Å². The van der Waals surface area contributed by atoms with Crippen molar-refractivity contribution in [2.24, 2.45) is 0 Å². The van der Waals surface area contributed by atoms with Gasteiger partial charge < -0.3 is 14.4 Å². The van der Waals surface area contributed by atoms with Gasteiger partial charge in [0.25, 0.3) is 0 Å². The number of nitrogens with one attached hydrogen (secondary N) is 2. The van der Waals surface area contributed by atoms with Crippen molar-refractivity contribution < 1.29 is 4.74 Å². The first-order chi connectivity index (χ1) is 9.61. The SMILES string of the molecule is CCOc1ncc(SNc2c[nH]cc(Cl)c2=O)cc1Br. The number of aromatic amines is 1. The molecule has 0 saturated carbocycles. The number of halogens is 2. The van der Waals surface area contributed by atoms with E-state index in [2.05, 4.69) is 30.6 Å². The molecule has 2 N–H and O–H groups in total. The van der Waals surface area contributed by atoms with E-state index in [1.165, 1.54) is 18.1 Å². The predicted octanol–water partition coefficient (Wildman–Crippen LogP) is 3.70. The molecule has 5 nitrogen and oxygen atoms in total. The van der Waals surface area contributed by atoms with Crippen LogP contribution in [0, 0.1) is 0 Å². The molecule has 2 aromatic heterocycles. The van der Waals surface area contributed by atoms with Crippen LogP contribution in [0.5, 0.6) is 5.88 Å². The highest BCUT2D eigenvalue weighted by Gasteiger charge is 2.07. The first-order valence-electron chi connectivity index (χ1n) is 5.69. The largest absolute Gasteiger partial charge is 0.477 e. The normalized spacial score (nSPS) is 10.3. The van der Waals surface area contributed by atoms with Crippen LogP contribution in [0.2, 0.25) is 5.02 Å². The Balaban J connectivity index is 2.09. The predicted molar refractivity (Wildman–Crippen MR) is 84.7 cm³/mol. The summed E-state index contributed by atoms with van der Waals surface area (Å²) in [6.07, 6.45) is 4.65. The number of ether oxygens (including phenoxy) is 1. The van der Waals surface area contributed by atoms with E-state index in [-0.39, 0.29) is 10.5 Å². The number of anilines is 1. The van der Waals surface area contributed by atoms with Gasteiger partial charge in [0.2, 0.25) is 11.3 Å². The summed E-state index contributed by atoms with van der Waals surface area (Å²) < 4.78 is 9.02. The minimum absolute atomic E-state index is 0.140. The van der Waals surface area contributed by atoms with Crippen LogP contribution in [-0.2, 0) is 0 Å². The van der Waals surface area contributed by atoms with Gasteiger partial charge >= 0.3 is 0 Å². The summed E-state index contributed by atoms with van der Waals surface area (Å²) in [6, 6.07) is 1.86. The van der Waals surface area contributed by atoms with E-state index in [0.717, 1.165) is 9.37 Å². The molecule has 0 bridgehead atoms. The maximum absolute atomic E-state index is 11.7. The molecular formula is C12H11BrClN3O2S. The summed E-state index contributed by atoms with van der Waals surface area (Å²) in [4.78, 5) is 19.5. The molecule has 0 atom stereocenters. The fourth-order valence-electron chi connectivity index (χ4n) is 1.35. The van der Waals surface area contributed by atoms with Gasteiger partial charge in [-0.1, -0.05) is 11.6 Å². The average molecular weight is 377 g/mol. The molecule has 0 spiro atoms. The topological polar surface area (TPSA) is 67.0 Å². The Morgan fingerprint density at radius 1 is 1.55 bits per heavy atom. The first-order valence-corrected chi connectivity index (χ1v) is 7.68. The Kier molecular flexibility index (Phi) is 5.33. The number of hydrogen-bond acceptors (Lipinski definition) is 5. The molecule has 20 heavy (non-hydrogen) atoms. The van der Waals surface area contributed by atoms with Crippen molar-refractivity contribution in [3.8, 4) is 5.88 Å². The summed E-state index contributed by atoms with van der Waals surface area (Å²) >= 11 is 10.4. The van der Waals surface area contributed by atoms with Crippen LogP contribution in [0.25, 0.3) is 0 Å². The lowest BCUT2D eigenvalue weighted by Gasteiger charge is -2.07. The standard InChI is InChI=1S/C12H11BrClN3O2S/c1-2-19-12-8(13)3-7(4-16-12)20-17-10-6-15-5-9(14)11(10)18/h3-6,17H,2H2,1H3,(H,15,18). The lowest BCUT2D eigenvalue weighted by atomic mass is 10.4. The van der Waals surface area contributed by atoms with Crippen molar-refractivity contribution in [2.75, 3.05) is 11.3 Å². The molecule has 0 aliphatic heterocycles. The zero-order valence-corrected chi connectivity index (χ0v) is 13.6. The maximum atomic E-state index is 11.7. The van der Waals surface area contributed by atoms with E-state index < -0.39 is 0 Å². The molecule has 2 rings (SSSR count). The zero-order valence-electron chi connectivity index (χ0n) is 10.4. The number of nitrogens with zero attached hydrogens (tertiary/aromatic N) is 1. The Morgan fingerprint density at radius 2 is 2.35 bits per heavy atom. The van der Waals surface area contributed by atoms with Crippen molar-refractivity contribution in [2.45, 2.75) is 11.8 Å². The summed E-state index contributed by atoms with van der Waals surface area (Å²) in [5, 5.41) is 0.140. The Labute approximate surface area is 133 Å². The van der Waals surface area contributed by atoms with E-state index >= 15 is 0 Å². The highest BCUT2D eigenvalue weighted by atomic mass is 79.9. The van der Waals surface area contributed by atoms with Gasteiger partial charge in [0, 0.05) is 23.5 Å². The molecule has 0 amide bonds. The Hall–Kier alpha value is -1.18. The monoisotopic (exact) mass is 375 g/mol. The van der Waals surface area contributed by atoms with Gasteiger partial charge in [-0.3, -0.25) is 4.79 Å². The number of H-pyrrole nitrogens is 1. The van der Waals surface area contributed by atoms with Crippen LogP contribution in [0.1, 0.15) is 6.92 Å². The van der Waals surface area contributed by atoms with Gasteiger partial charge in [0.15, 0.2) is 0 Å². The molecule has 0 radical (unpaired) electrons. The third kappa shape index (κ3) is 3.68.